The Balaban J connectivity index is 1.98. The minimum atomic E-state index is 0.556. The average Bonchev–Trinajstić information content (AvgIpc) is 2.89. The van der Waals surface area contributed by atoms with E-state index in [4.69, 9.17) is 28.6 Å². The summed E-state index contributed by atoms with van der Waals surface area (Å²) in [5.74, 6) is 1.66. The van der Waals surface area contributed by atoms with Gasteiger partial charge in [-0.3, -0.25) is 9.67 Å². The minimum Gasteiger partial charge on any atom is -0.497 e. The highest BCUT2D eigenvalue weighted by Gasteiger charge is 2.09. The standard InChI is InChI=1S/C16H14ClN3OS/c1-21-14-4-2-3-11(9-14)10-15-18-19-16(22)20(15)13-7-5-12(17)6-8-13/h2-9H,10H2,1H3,(H,19,22). The molecule has 1 N–H and O–H groups in total. The first-order valence-corrected chi connectivity index (χ1v) is 7.51. The topological polar surface area (TPSA) is 42.8 Å². The number of aromatic nitrogens is 3. The van der Waals surface area contributed by atoms with Gasteiger partial charge in [0.15, 0.2) is 4.77 Å². The van der Waals surface area contributed by atoms with Gasteiger partial charge >= 0.3 is 0 Å². The molecule has 0 bridgehead atoms. The lowest BCUT2D eigenvalue weighted by Crippen LogP contribution is -2.02. The van der Waals surface area contributed by atoms with Crippen LogP contribution in [0.25, 0.3) is 5.69 Å². The summed E-state index contributed by atoms with van der Waals surface area (Å²) in [7, 11) is 1.66. The molecule has 0 spiro atoms. The second-order valence-corrected chi connectivity index (χ2v) is 5.61. The van der Waals surface area contributed by atoms with Gasteiger partial charge in [0.2, 0.25) is 0 Å². The number of methoxy groups -OCH3 is 1. The van der Waals surface area contributed by atoms with Gasteiger partial charge in [-0.2, -0.15) is 5.10 Å². The summed E-state index contributed by atoms with van der Waals surface area (Å²) in [5.41, 5.74) is 2.03. The van der Waals surface area contributed by atoms with E-state index in [1.165, 1.54) is 0 Å². The molecule has 0 aliphatic heterocycles. The summed E-state index contributed by atoms with van der Waals surface area (Å²) < 4.78 is 7.72. The van der Waals surface area contributed by atoms with Gasteiger partial charge in [0.05, 0.1) is 7.11 Å². The third-order valence-corrected chi connectivity index (χ3v) is 3.85. The number of rotatable bonds is 4. The molecule has 4 nitrogen and oxygen atoms in total. The van der Waals surface area contributed by atoms with Gasteiger partial charge in [-0.15, -0.1) is 0 Å². The van der Waals surface area contributed by atoms with Crippen molar-refractivity contribution in [3.05, 3.63) is 69.7 Å². The largest absolute Gasteiger partial charge is 0.497 e. The fraction of sp³-hybridized carbons (Fsp3) is 0.125. The number of hydrogen-bond acceptors (Lipinski definition) is 3. The van der Waals surface area contributed by atoms with Crippen molar-refractivity contribution in [2.75, 3.05) is 7.11 Å². The smallest absolute Gasteiger partial charge is 0.199 e. The van der Waals surface area contributed by atoms with E-state index in [0.29, 0.717) is 16.2 Å². The van der Waals surface area contributed by atoms with Gasteiger partial charge < -0.3 is 4.74 Å². The lowest BCUT2D eigenvalue weighted by Gasteiger charge is -2.08. The highest BCUT2D eigenvalue weighted by molar-refractivity contribution is 7.71. The number of halogens is 1. The highest BCUT2D eigenvalue weighted by atomic mass is 35.5. The molecule has 0 saturated heterocycles. The van der Waals surface area contributed by atoms with Crippen LogP contribution in [0.4, 0.5) is 0 Å². The second-order valence-electron chi connectivity index (χ2n) is 4.79. The van der Waals surface area contributed by atoms with Gasteiger partial charge in [-0.25, -0.2) is 0 Å². The number of benzene rings is 2. The summed E-state index contributed by atoms with van der Waals surface area (Å²) in [4.78, 5) is 0. The van der Waals surface area contributed by atoms with Crippen molar-refractivity contribution >= 4 is 23.8 Å². The molecule has 6 heteroatoms. The number of nitrogens with one attached hydrogen (secondary N) is 1. The predicted octanol–water partition coefficient (Wildman–Crippen LogP) is 4.18. The fourth-order valence-corrected chi connectivity index (χ4v) is 2.65. The van der Waals surface area contributed by atoms with Gasteiger partial charge in [0.25, 0.3) is 0 Å². The molecule has 0 saturated carbocycles. The van der Waals surface area contributed by atoms with Crippen LogP contribution in [0.15, 0.2) is 48.5 Å². The Morgan fingerprint density at radius 2 is 2.00 bits per heavy atom. The van der Waals surface area contributed by atoms with Gasteiger partial charge in [0, 0.05) is 17.1 Å². The molecule has 2 aromatic carbocycles. The number of hydrogen-bond donors (Lipinski definition) is 1. The van der Waals surface area contributed by atoms with Crippen molar-refractivity contribution in [1.82, 2.24) is 14.8 Å². The first-order chi connectivity index (χ1) is 10.7. The predicted molar refractivity (Wildman–Crippen MR) is 89.6 cm³/mol. The Morgan fingerprint density at radius 1 is 1.23 bits per heavy atom. The molecule has 112 valence electrons. The molecule has 3 aromatic rings. The van der Waals surface area contributed by atoms with Gasteiger partial charge in [-0.1, -0.05) is 23.7 Å². The van der Waals surface area contributed by atoms with Crippen molar-refractivity contribution in [3.63, 3.8) is 0 Å². The molecule has 3 rings (SSSR count). The van der Waals surface area contributed by atoms with E-state index < -0.39 is 0 Å². The van der Waals surface area contributed by atoms with E-state index in [9.17, 15) is 0 Å². The van der Waals surface area contributed by atoms with Crippen molar-refractivity contribution < 1.29 is 4.74 Å². The normalized spacial score (nSPS) is 10.6. The second kappa shape index (κ2) is 6.34. The molecule has 0 aliphatic rings. The maximum absolute atomic E-state index is 5.94. The van der Waals surface area contributed by atoms with Crippen molar-refractivity contribution in [2.24, 2.45) is 0 Å². The molecular formula is C16H14ClN3OS. The molecule has 0 radical (unpaired) electrons. The molecule has 0 unspecified atom stereocenters. The molecular weight excluding hydrogens is 318 g/mol. The van der Waals surface area contributed by atoms with E-state index in [0.717, 1.165) is 22.8 Å². The molecule has 0 fully saturated rings. The quantitative estimate of drug-likeness (QED) is 0.729. The van der Waals surface area contributed by atoms with Crippen LogP contribution in [-0.4, -0.2) is 21.9 Å². The zero-order chi connectivity index (χ0) is 15.5. The summed E-state index contributed by atoms with van der Waals surface area (Å²) in [6.45, 7) is 0. The molecule has 0 amide bonds. The Bertz CT molecular complexity index is 839. The van der Waals surface area contributed by atoms with E-state index in [-0.39, 0.29) is 0 Å². The Kier molecular flexibility index (Phi) is 4.27. The fourth-order valence-electron chi connectivity index (χ4n) is 2.27. The molecule has 0 aliphatic carbocycles. The van der Waals surface area contributed by atoms with Gasteiger partial charge in [0.1, 0.15) is 11.6 Å². The van der Waals surface area contributed by atoms with Gasteiger partial charge in [-0.05, 0) is 54.2 Å². The lowest BCUT2D eigenvalue weighted by molar-refractivity contribution is 0.414. The molecule has 1 aromatic heterocycles. The molecule has 22 heavy (non-hydrogen) atoms. The van der Waals surface area contributed by atoms with Crippen LogP contribution in [0.1, 0.15) is 11.4 Å². The summed E-state index contributed by atoms with van der Waals surface area (Å²) in [5, 5.41) is 7.88. The monoisotopic (exact) mass is 331 g/mol. The Labute approximate surface area is 138 Å². The lowest BCUT2D eigenvalue weighted by atomic mass is 10.1. The first kappa shape index (κ1) is 14.8. The zero-order valence-corrected chi connectivity index (χ0v) is 13.5. The maximum Gasteiger partial charge on any atom is 0.199 e. The average molecular weight is 332 g/mol. The summed E-state index contributed by atoms with van der Waals surface area (Å²) >= 11 is 11.3. The van der Waals surface area contributed by atoms with E-state index in [1.807, 2.05) is 53.1 Å². The van der Waals surface area contributed by atoms with Crippen LogP contribution in [0, 0.1) is 4.77 Å². The summed E-state index contributed by atoms with van der Waals surface area (Å²) in [6.07, 6.45) is 0.646. The third-order valence-electron chi connectivity index (χ3n) is 3.32. The van der Waals surface area contributed by atoms with Crippen molar-refractivity contribution in [2.45, 2.75) is 6.42 Å². The number of aromatic amines is 1. The maximum atomic E-state index is 5.94. The van der Waals surface area contributed by atoms with Crippen molar-refractivity contribution in [3.8, 4) is 11.4 Å². The Hall–Kier alpha value is -2.11. The van der Waals surface area contributed by atoms with Crippen LogP contribution in [0.2, 0.25) is 5.02 Å². The summed E-state index contributed by atoms with van der Waals surface area (Å²) in [6, 6.07) is 15.4. The molecule has 0 atom stereocenters. The number of ether oxygens (including phenoxy) is 1. The van der Waals surface area contributed by atoms with E-state index in [1.54, 1.807) is 7.11 Å². The van der Waals surface area contributed by atoms with E-state index >= 15 is 0 Å². The molecule has 1 heterocycles. The SMILES string of the molecule is COc1cccc(Cc2n[nH]c(=S)n2-c2ccc(Cl)cc2)c1. The Morgan fingerprint density at radius 3 is 2.73 bits per heavy atom. The number of nitrogens with zero attached hydrogens (tertiary/aromatic N) is 2. The van der Waals surface area contributed by atoms with Crippen LogP contribution in [-0.2, 0) is 6.42 Å². The first-order valence-electron chi connectivity index (χ1n) is 6.72. The van der Waals surface area contributed by atoms with Crippen LogP contribution >= 0.6 is 23.8 Å². The third kappa shape index (κ3) is 3.05. The van der Waals surface area contributed by atoms with Crippen LogP contribution in [0.3, 0.4) is 0 Å². The number of H-pyrrole nitrogens is 1. The van der Waals surface area contributed by atoms with E-state index in [2.05, 4.69) is 10.2 Å². The van der Waals surface area contributed by atoms with Crippen molar-refractivity contribution in [1.29, 1.82) is 0 Å². The zero-order valence-electron chi connectivity index (χ0n) is 11.9. The van der Waals surface area contributed by atoms with Crippen LogP contribution < -0.4 is 4.74 Å². The van der Waals surface area contributed by atoms with Crippen LogP contribution in [0.5, 0.6) is 5.75 Å². The highest BCUT2D eigenvalue weighted by Crippen LogP contribution is 2.19. The minimum absolute atomic E-state index is 0.556.